The lowest BCUT2D eigenvalue weighted by atomic mass is 10.1. The summed E-state index contributed by atoms with van der Waals surface area (Å²) in [5.41, 5.74) is 0.0484. The van der Waals surface area contributed by atoms with Crippen molar-refractivity contribution in [1.82, 2.24) is 15.1 Å². The second kappa shape index (κ2) is 5.43. The van der Waals surface area contributed by atoms with Crippen molar-refractivity contribution in [2.45, 2.75) is 19.5 Å². The summed E-state index contributed by atoms with van der Waals surface area (Å²) in [5.74, 6) is -1.16. The minimum Gasteiger partial charge on any atom is -0.504 e. The number of nitrogens with zero attached hydrogens (tertiary/aromatic N) is 2. The van der Waals surface area contributed by atoms with Crippen molar-refractivity contribution >= 4 is 5.91 Å². The minimum atomic E-state index is -0.437. The molecular weight excluding hydrogens is 246 g/mol. The van der Waals surface area contributed by atoms with Gasteiger partial charge in [0.15, 0.2) is 11.5 Å². The van der Waals surface area contributed by atoms with Crippen LogP contribution in [0, 0.1) is 0 Å². The van der Waals surface area contributed by atoms with Crippen LogP contribution in [0.25, 0.3) is 0 Å². The smallest absolute Gasteiger partial charge is 0.255 e. The Hall–Kier alpha value is -2.50. The molecule has 0 radical (unpaired) electrons. The maximum Gasteiger partial charge on any atom is 0.255 e. The van der Waals surface area contributed by atoms with Crippen molar-refractivity contribution < 1.29 is 15.0 Å². The zero-order chi connectivity index (χ0) is 13.8. The highest BCUT2D eigenvalue weighted by Gasteiger charge is 2.16. The number of carbonyl (C=O) groups excluding carboxylic acids is 1. The first-order valence-corrected chi connectivity index (χ1v) is 5.87. The molecule has 2 aromatic rings. The molecule has 6 nitrogen and oxygen atoms in total. The predicted molar refractivity (Wildman–Crippen MR) is 68.9 cm³/mol. The van der Waals surface area contributed by atoms with Gasteiger partial charge in [-0.05, 0) is 25.1 Å². The van der Waals surface area contributed by atoms with Crippen LogP contribution in [0.15, 0.2) is 36.7 Å². The van der Waals surface area contributed by atoms with E-state index in [2.05, 4.69) is 10.4 Å². The van der Waals surface area contributed by atoms with E-state index in [0.29, 0.717) is 6.54 Å². The van der Waals surface area contributed by atoms with Crippen LogP contribution >= 0.6 is 0 Å². The normalized spacial score (nSPS) is 12.1. The van der Waals surface area contributed by atoms with Gasteiger partial charge in [0.05, 0.1) is 12.1 Å². The molecule has 2 rings (SSSR count). The van der Waals surface area contributed by atoms with Gasteiger partial charge in [0.1, 0.15) is 0 Å². The monoisotopic (exact) mass is 261 g/mol. The minimum absolute atomic E-state index is 0.0484. The molecule has 19 heavy (non-hydrogen) atoms. The van der Waals surface area contributed by atoms with Crippen molar-refractivity contribution in [1.29, 1.82) is 0 Å². The summed E-state index contributed by atoms with van der Waals surface area (Å²) >= 11 is 0. The van der Waals surface area contributed by atoms with E-state index in [9.17, 15) is 15.0 Å². The van der Waals surface area contributed by atoms with Crippen LogP contribution in [0.2, 0.25) is 0 Å². The molecule has 0 aliphatic heterocycles. The van der Waals surface area contributed by atoms with Gasteiger partial charge in [-0.3, -0.25) is 9.48 Å². The van der Waals surface area contributed by atoms with E-state index in [1.807, 2.05) is 6.92 Å². The van der Waals surface area contributed by atoms with E-state index >= 15 is 0 Å². The lowest BCUT2D eigenvalue weighted by molar-refractivity contribution is 0.0932. The first-order valence-electron chi connectivity index (χ1n) is 5.87. The molecule has 3 N–H and O–H groups in total. The third kappa shape index (κ3) is 3.04. The largest absolute Gasteiger partial charge is 0.504 e. The molecule has 1 aromatic carbocycles. The summed E-state index contributed by atoms with van der Waals surface area (Å²) in [6.45, 7) is 2.36. The number of hydrogen-bond acceptors (Lipinski definition) is 4. The second-order valence-corrected chi connectivity index (χ2v) is 4.28. The molecule has 1 atom stereocenters. The number of benzene rings is 1. The lowest BCUT2D eigenvalue weighted by Crippen LogP contribution is -2.35. The molecule has 1 unspecified atom stereocenters. The predicted octanol–water partition coefficient (Wildman–Crippen LogP) is 1.11. The van der Waals surface area contributed by atoms with Crippen molar-refractivity contribution in [2.75, 3.05) is 0 Å². The van der Waals surface area contributed by atoms with Gasteiger partial charge in [0.2, 0.25) is 0 Å². The van der Waals surface area contributed by atoms with Gasteiger partial charge in [0.25, 0.3) is 5.91 Å². The summed E-state index contributed by atoms with van der Waals surface area (Å²) in [6, 6.07) is 5.91. The summed E-state index contributed by atoms with van der Waals surface area (Å²) in [6.07, 6.45) is 3.46. The molecule has 100 valence electrons. The standard InChI is InChI=1S/C13H15N3O3/c1-9(8-16-7-3-6-14-16)15-13(19)10-4-2-5-11(17)12(10)18/h2-7,9,17-18H,8H2,1H3,(H,15,19). The molecule has 0 aliphatic rings. The van der Waals surface area contributed by atoms with Crippen LogP contribution < -0.4 is 5.32 Å². The maximum absolute atomic E-state index is 11.9. The number of carbonyl (C=O) groups is 1. The Morgan fingerprint density at radius 2 is 2.21 bits per heavy atom. The van der Waals surface area contributed by atoms with Crippen molar-refractivity contribution in [3.63, 3.8) is 0 Å². The van der Waals surface area contributed by atoms with Crippen molar-refractivity contribution in [3.8, 4) is 11.5 Å². The van der Waals surface area contributed by atoms with Crippen molar-refractivity contribution in [2.24, 2.45) is 0 Å². The van der Waals surface area contributed by atoms with Crippen LogP contribution in [0.4, 0.5) is 0 Å². The molecule has 0 saturated heterocycles. The number of aromatic hydroxyl groups is 2. The van der Waals surface area contributed by atoms with Gasteiger partial charge in [-0.15, -0.1) is 0 Å². The van der Waals surface area contributed by atoms with Gasteiger partial charge in [-0.2, -0.15) is 5.10 Å². The average molecular weight is 261 g/mol. The zero-order valence-corrected chi connectivity index (χ0v) is 10.4. The van der Waals surface area contributed by atoms with E-state index in [4.69, 9.17) is 0 Å². The molecule has 1 amide bonds. The Morgan fingerprint density at radius 1 is 1.42 bits per heavy atom. The highest BCUT2D eigenvalue weighted by molar-refractivity contribution is 5.97. The topological polar surface area (TPSA) is 87.4 Å². The summed E-state index contributed by atoms with van der Waals surface area (Å²) in [7, 11) is 0. The highest BCUT2D eigenvalue weighted by Crippen LogP contribution is 2.27. The van der Waals surface area contributed by atoms with E-state index in [1.54, 1.807) is 23.1 Å². The third-order valence-corrected chi connectivity index (χ3v) is 2.66. The fourth-order valence-corrected chi connectivity index (χ4v) is 1.75. The number of phenols is 2. The molecular formula is C13H15N3O3. The molecule has 0 bridgehead atoms. The SMILES string of the molecule is CC(Cn1cccn1)NC(=O)c1cccc(O)c1O. The zero-order valence-electron chi connectivity index (χ0n) is 10.4. The van der Waals surface area contributed by atoms with Gasteiger partial charge >= 0.3 is 0 Å². The Morgan fingerprint density at radius 3 is 2.89 bits per heavy atom. The molecule has 6 heteroatoms. The Kier molecular flexibility index (Phi) is 3.70. The van der Waals surface area contributed by atoms with Crippen LogP contribution in [0.1, 0.15) is 17.3 Å². The van der Waals surface area contributed by atoms with Crippen LogP contribution in [0.5, 0.6) is 11.5 Å². The molecule has 0 spiro atoms. The Balaban J connectivity index is 2.02. The maximum atomic E-state index is 11.9. The molecule has 1 heterocycles. The number of nitrogens with one attached hydrogen (secondary N) is 1. The van der Waals surface area contributed by atoms with Gasteiger partial charge in [-0.25, -0.2) is 0 Å². The molecule has 0 aliphatic carbocycles. The number of para-hydroxylation sites is 1. The second-order valence-electron chi connectivity index (χ2n) is 4.28. The van der Waals surface area contributed by atoms with Crippen LogP contribution in [-0.2, 0) is 6.54 Å². The Bertz CT molecular complexity index is 567. The van der Waals surface area contributed by atoms with Gasteiger partial charge in [-0.1, -0.05) is 6.07 Å². The van der Waals surface area contributed by atoms with Crippen molar-refractivity contribution in [3.05, 3.63) is 42.2 Å². The number of aromatic nitrogens is 2. The number of hydrogen-bond donors (Lipinski definition) is 3. The molecule has 1 aromatic heterocycles. The van der Waals surface area contributed by atoms with Crippen LogP contribution in [-0.4, -0.2) is 31.9 Å². The van der Waals surface area contributed by atoms with E-state index in [0.717, 1.165) is 0 Å². The van der Waals surface area contributed by atoms with Gasteiger partial charge in [0, 0.05) is 18.4 Å². The lowest BCUT2D eigenvalue weighted by Gasteiger charge is -2.14. The first kappa shape index (κ1) is 12.9. The van der Waals surface area contributed by atoms with E-state index in [-0.39, 0.29) is 17.4 Å². The van der Waals surface area contributed by atoms with Gasteiger partial charge < -0.3 is 15.5 Å². The fourth-order valence-electron chi connectivity index (χ4n) is 1.75. The Labute approximate surface area is 110 Å². The first-order chi connectivity index (χ1) is 9.08. The molecule has 0 saturated carbocycles. The number of rotatable bonds is 4. The van der Waals surface area contributed by atoms with E-state index in [1.165, 1.54) is 18.2 Å². The fraction of sp³-hybridized carbons (Fsp3) is 0.231. The number of amides is 1. The third-order valence-electron chi connectivity index (χ3n) is 2.66. The quantitative estimate of drug-likeness (QED) is 0.719. The average Bonchev–Trinajstić information content (AvgIpc) is 2.85. The van der Waals surface area contributed by atoms with Crippen LogP contribution in [0.3, 0.4) is 0 Å². The summed E-state index contributed by atoms with van der Waals surface area (Å²) in [4.78, 5) is 11.9. The van der Waals surface area contributed by atoms with E-state index < -0.39 is 11.7 Å². The highest BCUT2D eigenvalue weighted by atomic mass is 16.3. The molecule has 0 fully saturated rings. The number of phenolic OH excluding ortho intramolecular Hbond substituents is 2. The summed E-state index contributed by atoms with van der Waals surface area (Å²) < 4.78 is 1.70. The summed E-state index contributed by atoms with van der Waals surface area (Å²) in [5, 5.41) is 25.7.